The lowest BCUT2D eigenvalue weighted by atomic mass is 10.0. The van der Waals surface area contributed by atoms with Crippen molar-refractivity contribution in [3.63, 3.8) is 0 Å². The SMILES string of the molecule is CC(C)(C)OC(=O)NCCc1c[nH]c2ccc(CCC(=O)O)cc12. The first-order valence-corrected chi connectivity index (χ1v) is 8.02. The van der Waals surface area contributed by atoms with Crippen LogP contribution in [-0.4, -0.2) is 34.3 Å². The number of carbonyl (C=O) groups excluding carboxylic acids is 1. The maximum Gasteiger partial charge on any atom is 0.407 e. The van der Waals surface area contributed by atoms with E-state index in [1.807, 2.05) is 45.2 Å². The number of carboxylic acid groups (broad SMARTS) is 1. The molecule has 0 bridgehead atoms. The number of benzene rings is 1. The Morgan fingerprint density at radius 2 is 2.00 bits per heavy atom. The Bertz CT molecular complexity index is 728. The minimum absolute atomic E-state index is 0.117. The van der Waals surface area contributed by atoms with Gasteiger partial charge in [0.25, 0.3) is 0 Å². The molecule has 1 aromatic carbocycles. The third kappa shape index (κ3) is 5.30. The molecule has 6 nitrogen and oxygen atoms in total. The fourth-order valence-electron chi connectivity index (χ4n) is 2.45. The Morgan fingerprint density at radius 3 is 2.67 bits per heavy atom. The zero-order chi connectivity index (χ0) is 17.7. The van der Waals surface area contributed by atoms with Gasteiger partial charge in [-0.1, -0.05) is 6.07 Å². The van der Waals surface area contributed by atoms with Crippen molar-refractivity contribution in [3.8, 4) is 0 Å². The molecule has 2 rings (SSSR count). The maximum atomic E-state index is 11.7. The molecule has 0 unspecified atom stereocenters. The van der Waals surface area contributed by atoms with E-state index in [1.165, 1.54) is 0 Å². The summed E-state index contributed by atoms with van der Waals surface area (Å²) in [5, 5.41) is 12.6. The molecule has 0 radical (unpaired) electrons. The van der Waals surface area contributed by atoms with Crippen LogP contribution in [0.2, 0.25) is 0 Å². The molecule has 0 aliphatic heterocycles. The molecule has 0 aliphatic rings. The largest absolute Gasteiger partial charge is 0.481 e. The molecule has 2 aromatic rings. The van der Waals surface area contributed by atoms with Crippen molar-refractivity contribution in [1.29, 1.82) is 0 Å². The second-order valence-electron chi connectivity index (χ2n) is 6.77. The van der Waals surface area contributed by atoms with Gasteiger partial charge in [-0.15, -0.1) is 0 Å². The van der Waals surface area contributed by atoms with Crippen LogP contribution in [-0.2, 0) is 22.4 Å². The number of hydrogen-bond acceptors (Lipinski definition) is 3. The number of aliphatic carboxylic acids is 1. The van der Waals surface area contributed by atoms with E-state index >= 15 is 0 Å². The Hall–Kier alpha value is -2.50. The molecule has 0 saturated heterocycles. The minimum Gasteiger partial charge on any atom is -0.481 e. The van der Waals surface area contributed by atoms with E-state index in [-0.39, 0.29) is 6.42 Å². The summed E-state index contributed by atoms with van der Waals surface area (Å²) in [5.74, 6) is -0.800. The molecule has 0 atom stereocenters. The lowest BCUT2D eigenvalue weighted by molar-refractivity contribution is -0.136. The molecule has 3 N–H and O–H groups in total. The lowest BCUT2D eigenvalue weighted by Gasteiger charge is -2.19. The first-order chi connectivity index (χ1) is 11.2. The summed E-state index contributed by atoms with van der Waals surface area (Å²) in [7, 11) is 0. The summed E-state index contributed by atoms with van der Waals surface area (Å²) in [6.07, 6.45) is 2.78. The van der Waals surface area contributed by atoms with Crippen LogP contribution in [0.15, 0.2) is 24.4 Å². The highest BCUT2D eigenvalue weighted by atomic mass is 16.6. The number of carboxylic acids is 1. The molecule has 0 spiro atoms. The van der Waals surface area contributed by atoms with Crippen LogP contribution < -0.4 is 5.32 Å². The predicted molar refractivity (Wildman–Crippen MR) is 92.2 cm³/mol. The van der Waals surface area contributed by atoms with Gasteiger partial charge in [0.05, 0.1) is 0 Å². The lowest BCUT2D eigenvalue weighted by Crippen LogP contribution is -2.33. The molecule has 1 amide bonds. The zero-order valence-electron chi connectivity index (χ0n) is 14.3. The van der Waals surface area contributed by atoms with Gasteiger partial charge in [0.1, 0.15) is 5.60 Å². The summed E-state index contributed by atoms with van der Waals surface area (Å²) in [5.41, 5.74) is 2.56. The van der Waals surface area contributed by atoms with Gasteiger partial charge in [0.2, 0.25) is 0 Å². The quantitative estimate of drug-likeness (QED) is 0.757. The van der Waals surface area contributed by atoms with Crippen LogP contribution >= 0.6 is 0 Å². The number of amides is 1. The van der Waals surface area contributed by atoms with Gasteiger partial charge in [0, 0.05) is 30.1 Å². The summed E-state index contributed by atoms with van der Waals surface area (Å²) >= 11 is 0. The number of carbonyl (C=O) groups is 2. The summed E-state index contributed by atoms with van der Waals surface area (Å²) in [6.45, 7) is 5.95. The van der Waals surface area contributed by atoms with E-state index in [0.717, 1.165) is 22.0 Å². The van der Waals surface area contributed by atoms with E-state index in [0.29, 0.717) is 19.4 Å². The fraction of sp³-hybridized carbons (Fsp3) is 0.444. The highest BCUT2D eigenvalue weighted by Gasteiger charge is 2.15. The van der Waals surface area contributed by atoms with Crippen LogP contribution in [0.1, 0.15) is 38.3 Å². The first-order valence-electron chi connectivity index (χ1n) is 8.02. The number of ether oxygens (including phenoxy) is 1. The number of fused-ring (bicyclic) bond motifs is 1. The fourth-order valence-corrected chi connectivity index (χ4v) is 2.45. The van der Waals surface area contributed by atoms with Gasteiger partial charge in [-0.2, -0.15) is 0 Å². The van der Waals surface area contributed by atoms with Gasteiger partial charge >= 0.3 is 12.1 Å². The van der Waals surface area contributed by atoms with Gasteiger partial charge in [-0.3, -0.25) is 4.79 Å². The van der Waals surface area contributed by atoms with Crippen molar-refractivity contribution < 1.29 is 19.4 Å². The first kappa shape index (κ1) is 17.8. The van der Waals surface area contributed by atoms with Gasteiger partial charge in [0.15, 0.2) is 0 Å². The number of hydrogen-bond donors (Lipinski definition) is 3. The highest BCUT2D eigenvalue weighted by Crippen LogP contribution is 2.21. The van der Waals surface area contributed by atoms with Crippen molar-refractivity contribution in [2.75, 3.05) is 6.54 Å². The number of H-pyrrole nitrogens is 1. The Kier molecular flexibility index (Phi) is 5.49. The van der Waals surface area contributed by atoms with Gasteiger partial charge < -0.3 is 20.1 Å². The Morgan fingerprint density at radius 1 is 1.25 bits per heavy atom. The Labute approximate surface area is 141 Å². The smallest absolute Gasteiger partial charge is 0.407 e. The van der Waals surface area contributed by atoms with Crippen LogP contribution in [0.25, 0.3) is 10.9 Å². The molecule has 0 aliphatic carbocycles. The van der Waals surface area contributed by atoms with Gasteiger partial charge in [-0.25, -0.2) is 4.79 Å². The van der Waals surface area contributed by atoms with Crippen molar-refractivity contribution in [2.45, 2.75) is 45.6 Å². The maximum absolute atomic E-state index is 11.7. The number of nitrogens with one attached hydrogen (secondary N) is 2. The van der Waals surface area contributed by atoms with Gasteiger partial charge in [-0.05, 0) is 56.9 Å². The second kappa shape index (κ2) is 7.38. The summed E-state index contributed by atoms with van der Waals surface area (Å²) in [4.78, 5) is 25.6. The minimum atomic E-state index is -0.800. The van der Waals surface area contributed by atoms with Crippen LogP contribution in [0.3, 0.4) is 0 Å². The summed E-state index contributed by atoms with van der Waals surface area (Å²) < 4.78 is 5.20. The van der Waals surface area contributed by atoms with Crippen molar-refractivity contribution in [2.24, 2.45) is 0 Å². The number of aromatic amines is 1. The average molecular weight is 332 g/mol. The number of aromatic nitrogens is 1. The zero-order valence-corrected chi connectivity index (χ0v) is 14.3. The van der Waals surface area contributed by atoms with Crippen molar-refractivity contribution in [1.82, 2.24) is 10.3 Å². The Balaban J connectivity index is 1.97. The molecule has 130 valence electrons. The second-order valence-corrected chi connectivity index (χ2v) is 6.77. The van der Waals surface area contributed by atoms with E-state index in [4.69, 9.17) is 9.84 Å². The molecular weight excluding hydrogens is 308 g/mol. The highest BCUT2D eigenvalue weighted by molar-refractivity contribution is 5.84. The van der Waals surface area contributed by atoms with E-state index < -0.39 is 17.7 Å². The van der Waals surface area contributed by atoms with Crippen molar-refractivity contribution in [3.05, 3.63) is 35.5 Å². The molecule has 1 aromatic heterocycles. The van der Waals surface area contributed by atoms with E-state index in [2.05, 4.69) is 10.3 Å². The van der Waals surface area contributed by atoms with Crippen LogP contribution in [0, 0.1) is 0 Å². The standard InChI is InChI=1S/C18H24N2O4/c1-18(2,3)24-17(23)19-9-8-13-11-20-15-6-4-12(10-14(13)15)5-7-16(21)22/h4,6,10-11,20H,5,7-9H2,1-3H3,(H,19,23)(H,21,22). The monoisotopic (exact) mass is 332 g/mol. The molecule has 1 heterocycles. The molecule has 0 fully saturated rings. The third-order valence-corrected chi connectivity index (χ3v) is 3.52. The van der Waals surface area contributed by atoms with Crippen LogP contribution in [0.5, 0.6) is 0 Å². The molecule has 24 heavy (non-hydrogen) atoms. The number of alkyl carbamates (subject to hydrolysis) is 1. The predicted octanol–water partition coefficient (Wildman–Crippen LogP) is 3.25. The molecular formula is C18H24N2O4. The summed E-state index contributed by atoms with van der Waals surface area (Å²) in [6, 6.07) is 5.90. The van der Waals surface area contributed by atoms with E-state index in [9.17, 15) is 9.59 Å². The number of rotatable bonds is 6. The van der Waals surface area contributed by atoms with Crippen molar-refractivity contribution >= 4 is 23.0 Å². The van der Waals surface area contributed by atoms with E-state index in [1.54, 1.807) is 0 Å². The number of aryl methyl sites for hydroxylation is 1. The third-order valence-electron chi connectivity index (χ3n) is 3.52. The average Bonchev–Trinajstić information content (AvgIpc) is 2.86. The van der Waals surface area contributed by atoms with Crippen LogP contribution in [0.4, 0.5) is 4.79 Å². The molecule has 0 saturated carbocycles. The molecule has 6 heteroatoms. The normalized spacial score (nSPS) is 11.5. The topological polar surface area (TPSA) is 91.4 Å².